The Bertz CT molecular complexity index is 297. The van der Waals surface area contributed by atoms with Gasteiger partial charge in [-0.25, -0.2) is 0 Å². The van der Waals surface area contributed by atoms with Gasteiger partial charge in [0.05, 0.1) is 12.5 Å². The number of ether oxygens (including phenoxy) is 2. The molecular formula is C12H18O4. The Balaban J connectivity index is 1.40. The molecule has 90 valence electrons. The van der Waals surface area contributed by atoms with Crippen LogP contribution < -0.4 is 0 Å². The summed E-state index contributed by atoms with van der Waals surface area (Å²) in [5.74, 6) is -0.246. The van der Waals surface area contributed by atoms with Gasteiger partial charge in [-0.3, -0.25) is 4.79 Å². The zero-order chi connectivity index (χ0) is 11.2. The predicted octanol–water partition coefficient (Wildman–Crippen LogP) is 1.64. The van der Waals surface area contributed by atoms with Crippen molar-refractivity contribution in [3.63, 3.8) is 0 Å². The summed E-state index contributed by atoms with van der Waals surface area (Å²) < 4.78 is 11.2. The Hall–Kier alpha value is -0.610. The molecule has 0 aromatic carbocycles. The molecule has 0 amide bonds. The summed E-state index contributed by atoms with van der Waals surface area (Å²) >= 11 is 0. The molecule has 3 rings (SSSR count). The fraction of sp³-hybridized carbons (Fsp3) is 0.917. The second-order valence-corrected chi connectivity index (χ2v) is 5.36. The first kappa shape index (κ1) is 10.5. The fourth-order valence-corrected chi connectivity index (χ4v) is 3.02. The van der Waals surface area contributed by atoms with Crippen LogP contribution in [-0.4, -0.2) is 30.6 Å². The van der Waals surface area contributed by atoms with Gasteiger partial charge in [0.15, 0.2) is 6.29 Å². The third kappa shape index (κ3) is 1.74. The van der Waals surface area contributed by atoms with Gasteiger partial charge in [-0.1, -0.05) is 0 Å². The minimum Gasteiger partial charge on any atom is -0.481 e. The van der Waals surface area contributed by atoms with Crippen molar-refractivity contribution in [1.82, 2.24) is 0 Å². The highest BCUT2D eigenvalue weighted by Crippen LogP contribution is 2.74. The van der Waals surface area contributed by atoms with Gasteiger partial charge in [-0.2, -0.15) is 0 Å². The van der Waals surface area contributed by atoms with Gasteiger partial charge in [0, 0.05) is 6.61 Å². The average Bonchev–Trinajstić information content (AvgIpc) is 3.17. The molecule has 1 aliphatic heterocycles. The van der Waals surface area contributed by atoms with Crippen molar-refractivity contribution in [3.8, 4) is 0 Å². The van der Waals surface area contributed by atoms with E-state index in [1.54, 1.807) is 0 Å². The first-order valence-corrected chi connectivity index (χ1v) is 6.18. The van der Waals surface area contributed by atoms with Crippen LogP contribution in [0.5, 0.6) is 0 Å². The Morgan fingerprint density at radius 1 is 1.44 bits per heavy atom. The molecule has 2 aliphatic carbocycles. The molecule has 3 fully saturated rings. The lowest BCUT2D eigenvalue weighted by Crippen LogP contribution is -2.23. The second-order valence-electron chi connectivity index (χ2n) is 5.36. The van der Waals surface area contributed by atoms with Gasteiger partial charge in [0.1, 0.15) is 0 Å². The summed E-state index contributed by atoms with van der Waals surface area (Å²) in [7, 11) is 0. The van der Waals surface area contributed by atoms with Crippen LogP contribution in [0.1, 0.15) is 32.1 Å². The Kier molecular flexibility index (Phi) is 2.44. The minimum atomic E-state index is -0.628. The first-order valence-electron chi connectivity index (χ1n) is 6.18. The van der Waals surface area contributed by atoms with Gasteiger partial charge >= 0.3 is 5.97 Å². The van der Waals surface area contributed by atoms with E-state index in [-0.39, 0.29) is 17.6 Å². The van der Waals surface area contributed by atoms with Crippen molar-refractivity contribution in [2.45, 2.75) is 38.4 Å². The Morgan fingerprint density at radius 3 is 2.94 bits per heavy atom. The molecule has 2 saturated carbocycles. The molecule has 1 heterocycles. The van der Waals surface area contributed by atoms with Gasteiger partial charge in [-0.05, 0) is 43.4 Å². The van der Waals surface area contributed by atoms with Gasteiger partial charge in [0.2, 0.25) is 0 Å². The summed E-state index contributed by atoms with van der Waals surface area (Å²) in [6.07, 6.45) is 5.17. The molecule has 0 radical (unpaired) electrons. The van der Waals surface area contributed by atoms with E-state index < -0.39 is 5.97 Å². The second kappa shape index (κ2) is 3.70. The predicted molar refractivity (Wildman–Crippen MR) is 55.8 cm³/mol. The lowest BCUT2D eigenvalue weighted by Gasteiger charge is -2.22. The number of rotatable bonds is 4. The normalized spacial score (nSPS) is 45.6. The van der Waals surface area contributed by atoms with Crippen LogP contribution in [0.15, 0.2) is 0 Å². The molecule has 1 unspecified atom stereocenters. The van der Waals surface area contributed by atoms with Crippen molar-refractivity contribution < 1.29 is 19.4 Å². The highest BCUT2D eigenvalue weighted by Gasteiger charge is 2.73. The molecule has 0 aromatic rings. The molecular weight excluding hydrogens is 208 g/mol. The minimum absolute atomic E-state index is 0.0339. The van der Waals surface area contributed by atoms with Crippen LogP contribution in [0, 0.1) is 17.3 Å². The molecule has 16 heavy (non-hydrogen) atoms. The quantitative estimate of drug-likeness (QED) is 0.791. The molecule has 0 bridgehead atoms. The lowest BCUT2D eigenvalue weighted by molar-refractivity contribution is -0.165. The maximum absolute atomic E-state index is 10.8. The van der Waals surface area contributed by atoms with E-state index in [2.05, 4.69) is 0 Å². The van der Waals surface area contributed by atoms with Crippen molar-refractivity contribution >= 4 is 5.97 Å². The van der Waals surface area contributed by atoms with Crippen LogP contribution in [0.4, 0.5) is 0 Å². The molecule has 0 aromatic heterocycles. The van der Waals surface area contributed by atoms with Crippen molar-refractivity contribution in [2.24, 2.45) is 17.3 Å². The van der Waals surface area contributed by atoms with Crippen molar-refractivity contribution in [1.29, 1.82) is 0 Å². The molecule has 4 nitrogen and oxygen atoms in total. The SMILES string of the molecule is O=C(O)[C@@H]1C[C@]12C[C@H]2COC1CCCCO1. The number of aliphatic carboxylic acids is 1. The lowest BCUT2D eigenvalue weighted by atomic mass is 10.2. The Labute approximate surface area is 94.9 Å². The van der Waals surface area contributed by atoms with Gasteiger partial charge < -0.3 is 14.6 Å². The van der Waals surface area contributed by atoms with Crippen LogP contribution in [0.25, 0.3) is 0 Å². The topological polar surface area (TPSA) is 55.8 Å². The van der Waals surface area contributed by atoms with Crippen LogP contribution in [0.2, 0.25) is 0 Å². The zero-order valence-electron chi connectivity index (χ0n) is 9.35. The third-order valence-electron chi connectivity index (χ3n) is 4.32. The molecule has 4 atom stereocenters. The smallest absolute Gasteiger partial charge is 0.307 e. The van der Waals surface area contributed by atoms with Crippen LogP contribution in [-0.2, 0) is 14.3 Å². The summed E-state index contributed by atoms with van der Waals surface area (Å²) in [5, 5.41) is 8.90. The number of carboxylic acid groups (broad SMARTS) is 1. The van der Waals surface area contributed by atoms with E-state index >= 15 is 0 Å². The van der Waals surface area contributed by atoms with E-state index in [4.69, 9.17) is 14.6 Å². The van der Waals surface area contributed by atoms with E-state index in [1.165, 1.54) is 6.42 Å². The van der Waals surface area contributed by atoms with E-state index in [0.717, 1.165) is 32.3 Å². The molecule has 1 N–H and O–H groups in total. The monoisotopic (exact) mass is 226 g/mol. The fourth-order valence-electron chi connectivity index (χ4n) is 3.02. The van der Waals surface area contributed by atoms with Crippen LogP contribution in [0.3, 0.4) is 0 Å². The van der Waals surface area contributed by atoms with Crippen LogP contribution >= 0.6 is 0 Å². The standard InChI is InChI=1S/C12H18O4/c13-11(14)9-6-12(9)5-8(12)7-16-10-3-1-2-4-15-10/h8-10H,1-7H2,(H,13,14)/t8-,9-,10?,12-/m0/s1. The van der Waals surface area contributed by atoms with Gasteiger partial charge in [-0.15, -0.1) is 0 Å². The highest BCUT2D eigenvalue weighted by atomic mass is 16.7. The largest absolute Gasteiger partial charge is 0.481 e. The van der Waals surface area contributed by atoms with Gasteiger partial charge in [0.25, 0.3) is 0 Å². The van der Waals surface area contributed by atoms with E-state index in [9.17, 15) is 4.79 Å². The third-order valence-corrected chi connectivity index (χ3v) is 4.32. The van der Waals surface area contributed by atoms with Crippen molar-refractivity contribution in [2.75, 3.05) is 13.2 Å². The highest BCUT2D eigenvalue weighted by molar-refractivity contribution is 5.76. The summed E-state index contributed by atoms with van der Waals surface area (Å²) in [5.41, 5.74) is 0.125. The van der Waals surface area contributed by atoms with E-state index in [1.807, 2.05) is 0 Å². The number of hydrogen-bond donors (Lipinski definition) is 1. The molecule has 4 heteroatoms. The number of hydrogen-bond acceptors (Lipinski definition) is 3. The molecule has 1 spiro atoms. The summed E-state index contributed by atoms with van der Waals surface area (Å²) in [4.78, 5) is 10.8. The van der Waals surface area contributed by atoms with E-state index in [0.29, 0.717) is 12.5 Å². The summed E-state index contributed by atoms with van der Waals surface area (Å²) in [6.45, 7) is 1.49. The first-order chi connectivity index (χ1) is 7.72. The maximum Gasteiger partial charge on any atom is 0.307 e. The summed E-state index contributed by atoms with van der Waals surface area (Å²) in [6, 6.07) is 0. The molecule has 1 saturated heterocycles. The average molecular weight is 226 g/mol. The Morgan fingerprint density at radius 2 is 2.31 bits per heavy atom. The number of carboxylic acids is 1. The maximum atomic E-state index is 10.8. The van der Waals surface area contributed by atoms with Crippen molar-refractivity contribution in [3.05, 3.63) is 0 Å². The molecule has 3 aliphatic rings. The number of carbonyl (C=O) groups is 1. The zero-order valence-corrected chi connectivity index (χ0v) is 9.35.